The summed E-state index contributed by atoms with van der Waals surface area (Å²) in [6.07, 6.45) is 5.08. The number of fused-ring (bicyclic) bond motifs is 1. The van der Waals surface area contributed by atoms with Crippen LogP contribution in [0.3, 0.4) is 0 Å². The SMILES string of the molecule is C[C@H](c1c[nH]c2ccccc12)[C@@H](NC(=O)N1CCN(C(=O)c2cccnc2)CC1)C(=O)Nc1cccc(CN(C)C)c1. The van der Waals surface area contributed by atoms with Crippen LogP contribution in [0.1, 0.15) is 34.3 Å². The first-order valence-electron chi connectivity index (χ1n) is 14.2. The first-order chi connectivity index (χ1) is 20.3. The van der Waals surface area contributed by atoms with Gasteiger partial charge in [0.15, 0.2) is 0 Å². The predicted octanol–water partition coefficient (Wildman–Crippen LogP) is 3.90. The Morgan fingerprint density at radius 2 is 1.74 bits per heavy atom. The molecular weight excluding hydrogens is 530 g/mol. The summed E-state index contributed by atoms with van der Waals surface area (Å²) in [5, 5.41) is 7.06. The van der Waals surface area contributed by atoms with Gasteiger partial charge in [-0.1, -0.05) is 37.3 Å². The van der Waals surface area contributed by atoms with E-state index in [1.54, 1.807) is 34.3 Å². The molecule has 2 atom stereocenters. The van der Waals surface area contributed by atoms with Gasteiger partial charge < -0.3 is 30.3 Å². The second kappa shape index (κ2) is 12.9. The van der Waals surface area contributed by atoms with Gasteiger partial charge in [0.2, 0.25) is 5.91 Å². The summed E-state index contributed by atoms with van der Waals surface area (Å²) in [4.78, 5) is 52.9. The van der Waals surface area contributed by atoms with Gasteiger partial charge in [0.25, 0.3) is 5.91 Å². The van der Waals surface area contributed by atoms with E-state index in [-0.39, 0.29) is 23.8 Å². The number of aromatic nitrogens is 2. The highest BCUT2D eigenvalue weighted by Gasteiger charge is 2.33. The fraction of sp³-hybridized carbons (Fsp3) is 0.312. The van der Waals surface area contributed by atoms with E-state index < -0.39 is 6.04 Å². The quantitative estimate of drug-likeness (QED) is 0.299. The zero-order chi connectivity index (χ0) is 29.6. The number of pyridine rings is 1. The minimum atomic E-state index is -0.843. The largest absolute Gasteiger partial charge is 0.361 e. The van der Waals surface area contributed by atoms with Gasteiger partial charge in [0.05, 0.1) is 5.56 Å². The third kappa shape index (κ3) is 6.60. The predicted molar refractivity (Wildman–Crippen MR) is 163 cm³/mol. The number of hydrogen-bond donors (Lipinski definition) is 3. The van der Waals surface area contributed by atoms with Crippen LogP contribution in [0.15, 0.2) is 79.3 Å². The van der Waals surface area contributed by atoms with Crippen LogP contribution in [0, 0.1) is 0 Å². The number of H-pyrrole nitrogens is 1. The van der Waals surface area contributed by atoms with E-state index in [2.05, 4.69) is 25.5 Å². The Balaban J connectivity index is 1.32. The van der Waals surface area contributed by atoms with Crippen molar-refractivity contribution < 1.29 is 14.4 Å². The average molecular weight is 568 g/mol. The zero-order valence-electron chi connectivity index (χ0n) is 24.2. The average Bonchev–Trinajstić information content (AvgIpc) is 3.44. The van der Waals surface area contributed by atoms with Crippen molar-refractivity contribution in [2.24, 2.45) is 0 Å². The van der Waals surface area contributed by atoms with Gasteiger partial charge in [-0.2, -0.15) is 0 Å². The lowest BCUT2D eigenvalue weighted by molar-refractivity contribution is -0.118. The number of carbonyl (C=O) groups excluding carboxylic acids is 3. The van der Waals surface area contributed by atoms with E-state index in [1.807, 2.05) is 75.7 Å². The first kappa shape index (κ1) is 28.8. The van der Waals surface area contributed by atoms with E-state index in [1.165, 1.54) is 0 Å². The number of rotatable bonds is 8. The molecule has 0 aliphatic carbocycles. The second-order valence-electron chi connectivity index (χ2n) is 11.0. The van der Waals surface area contributed by atoms with E-state index in [4.69, 9.17) is 0 Å². The van der Waals surface area contributed by atoms with Crippen molar-refractivity contribution in [1.29, 1.82) is 0 Å². The topological polar surface area (TPSA) is 114 Å². The molecule has 218 valence electrons. The maximum atomic E-state index is 13.8. The molecule has 2 aromatic heterocycles. The lowest BCUT2D eigenvalue weighted by atomic mass is 9.92. The van der Waals surface area contributed by atoms with Crippen molar-refractivity contribution >= 4 is 34.4 Å². The van der Waals surface area contributed by atoms with Crippen molar-refractivity contribution in [2.45, 2.75) is 25.4 Å². The van der Waals surface area contributed by atoms with Crippen molar-refractivity contribution in [3.8, 4) is 0 Å². The van der Waals surface area contributed by atoms with Gasteiger partial charge in [0.1, 0.15) is 6.04 Å². The van der Waals surface area contributed by atoms with Crippen LogP contribution in [0.5, 0.6) is 0 Å². The third-order valence-electron chi connectivity index (χ3n) is 7.63. The monoisotopic (exact) mass is 567 g/mol. The van der Waals surface area contributed by atoms with Gasteiger partial charge in [-0.05, 0) is 55.6 Å². The molecule has 0 spiro atoms. The summed E-state index contributed by atoms with van der Waals surface area (Å²) in [6, 6.07) is 17.9. The van der Waals surface area contributed by atoms with Gasteiger partial charge >= 0.3 is 6.03 Å². The number of hydrogen-bond acceptors (Lipinski definition) is 5. The molecule has 0 radical (unpaired) electrons. The molecule has 2 aromatic carbocycles. The molecule has 3 N–H and O–H groups in total. The maximum absolute atomic E-state index is 13.8. The molecule has 1 aliphatic heterocycles. The Labute approximate surface area is 245 Å². The summed E-state index contributed by atoms with van der Waals surface area (Å²) < 4.78 is 0. The molecule has 3 heterocycles. The molecule has 42 heavy (non-hydrogen) atoms. The minimum absolute atomic E-state index is 0.107. The van der Waals surface area contributed by atoms with Crippen LogP contribution in [-0.2, 0) is 11.3 Å². The van der Waals surface area contributed by atoms with E-state index >= 15 is 0 Å². The number of nitrogens with zero attached hydrogens (tertiary/aromatic N) is 4. The number of aromatic amines is 1. The highest BCUT2D eigenvalue weighted by atomic mass is 16.2. The van der Waals surface area contributed by atoms with Crippen molar-refractivity contribution in [1.82, 2.24) is 30.0 Å². The number of carbonyl (C=O) groups is 3. The Kier molecular flexibility index (Phi) is 8.83. The standard InChI is InChI=1S/C32H37N7O3/c1-22(27-20-34-28-12-5-4-11-26(27)28)29(30(40)35-25-10-6-8-23(18-25)21-37(2)3)36-32(42)39-16-14-38(15-17-39)31(41)24-9-7-13-33-19-24/h4-13,18-20,22,29,34H,14-17,21H2,1-3H3,(H,35,40)(H,36,42)/t22-,29-/m1/s1. The van der Waals surface area contributed by atoms with Crippen molar-refractivity contribution in [3.05, 3.63) is 95.9 Å². The molecule has 4 aromatic rings. The number of nitrogens with one attached hydrogen (secondary N) is 3. The second-order valence-corrected chi connectivity index (χ2v) is 11.0. The number of amides is 4. The molecule has 10 nitrogen and oxygen atoms in total. The van der Waals surface area contributed by atoms with Gasteiger partial charge in [-0.25, -0.2) is 4.79 Å². The normalized spacial score (nSPS) is 15.0. The Hall–Kier alpha value is -4.70. The van der Waals surface area contributed by atoms with Crippen molar-refractivity contribution in [2.75, 3.05) is 45.6 Å². The number of piperazine rings is 1. The molecule has 0 unspecified atom stereocenters. The molecule has 10 heteroatoms. The number of benzene rings is 2. The van der Waals surface area contributed by atoms with Crippen LogP contribution in [-0.4, -0.2) is 88.8 Å². The highest BCUT2D eigenvalue weighted by Crippen LogP contribution is 2.28. The van der Waals surface area contributed by atoms with Crippen LogP contribution >= 0.6 is 0 Å². The van der Waals surface area contributed by atoms with Crippen LogP contribution in [0.25, 0.3) is 10.9 Å². The summed E-state index contributed by atoms with van der Waals surface area (Å²) in [5.41, 5.74) is 4.18. The van der Waals surface area contributed by atoms with E-state index in [9.17, 15) is 14.4 Å². The third-order valence-corrected chi connectivity index (χ3v) is 7.63. The maximum Gasteiger partial charge on any atom is 0.318 e. The Bertz CT molecular complexity index is 1540. The molecule has 0 bridgehead atoms. The smallest absolute Gasteiger partial charge is 0.318 e. The molecule has 0 saturated carbocycles. The molecule has 1 saturated heterocycles. The zero-order valence-corrected chi connectivity index (χ0v) is 24.2. The van der Waals surface area contributed by atoms with Crippen molar-refractivity contribution in [3.63, 3.8) is 0 Å². The number of anilines is 1. The van der Waals surface area contributed by atoms with E-state index in [0.717, 1.165) is 28.6 Å². The summed E-state index contributed by atoms with van der Waals surface area (Å²) in [7, 11) is 3.99. The Morgan fingerprint density at radius 3 is 2.48 bits per heavy atom. The van der Waals surface area contributed by atoms with E-state index in [0.29, 0.717) is 37.4 Å². The van der Waals surface area contributed by atoms with Gasteiger partial charge in [0, 0.05) is 73.8 Å². The lowest BCUT2D eigenvalue weighted by Gasteiger charge is -2.36. The van der Waals surface area contributed by atoms with Crippen LogP contribution < -0.4 is 10.6 Å². The molecule has 1 aliphatic rings. The summed E-state index contributed by atoms with van der Waals surface area (Å²) >= 11 is 0. The number of urea groups is 1. The van der Waals surface area contributed by atoms with Crippen LogP contribution in [0.4, 0.5) is 10.5 Å². The van der Waals surface area contributed by atoms with Gasteiger partial charge in [-0.15, -0.1) is 0 Å². The first-order valence-corrected chi connectivity index (χ1v) is 14.2. The van der Waals surface area contributed by atoms with Crippen LogP contribution in [0.2, 0.25) is 0 Å². The summed E-state index contributed by atoms with van der Waals surface area (Å²) in [6.45, 7) is 4.21. The lowest BCUT2D eigenvalue weighted by Crippen LogP contribution is -2.57. The fourth-order valence-electron chi connectivity index (χ4n) is 5.41. The summed E-state index contributed by atoms with van der Waals surface area (Å²) in [5.74, 6) is -0.734. The molecule has 1 fully saturated rings. The van der Waals surface area contributed by atoms with Gasteiger partial charge in [-0.3, -0.25) is 14.6 Å². The number of para-hydroxylation sites is 1. The molecule has 4 amide bonds. The Morgan fingerprint density at radius 1 is 0.976 bits per heavy atom. The molecular formula is C32H37N7O3. The minimum Gasteiger partial charge on any atom is -0.361 e. The molecule has 5 rings (SSSR count). The fourth-order valence-corrected chi connectivity index (χ4v) is 5.41. The highest BCUT2D eigenvalue weighted by molar-refractivity contribution is 5.98.